The van der Waals surface area contributed by atoms with E-state index < -0.39 is 0 Å². The number of hydrogen-bond donors (Lipinski definition) is 0. The van der Waals surface area contributed by atoms with Crippen molar-refractivity contribution in [3.05, 3.63) is 23.8 Å². The van der Waals surface area contributed by atoms with E-state index in [1.165, 1.54) is 0 Å². The highest BCUT2D eigenvalue weighted by Gasteiger charge is 2.19. The summed E-state index contributed by atoms with van der Waals surface area (Å²) in [5, 5.41) is 0. The fourth-order valence-corrected chi connectivity index (χ4v) is 2.27. The van der Waals surface area contributed by atoms with Gasteiger partial charge in [0.15, 0.2) is 18.1 Å². The lowest BCUT2D eigenvalue weighted by Gasteiger charge is -2.32. The molecule has 1 fully saturated rings. The van der Waals surface area contributed by atoms with Gasteiger partial charge in [-0.15, -0.1) is 0 Å². The fraction of sp³-hybridized carbons (Fsp3) is 0.500. The van der Waals surface area contributed by atoms with Crippen LogP contribution in [0.5, 0.6) is 11.5 Å². The van der Waals surface area contributed by atoms with Gasteiger partial charge in [-0.2, -0.15) is 0 Å². The summed E-state index contributed by atoms with van der Waals surface area (Å²) in [5.74, 6) is 0.934. The largest absolute Gasteiger partial charge is 0.490 e. The van der Waals surface area contributed by atoms with E-state index in [1.54, 1.807) is 23.1 Å². The van der Waals surface area contributed by atoms with E-state index >= 15 is 0 Å². The Labute approximate surface area is 130 Å². The third-order valence-corrected chi connectivity index (χ3v) is 3.61. The molecule has 1 amide bonds. The van der Waals surface area contributed by atoms with Gasteiger partial charge in [-0.05, 0) is 32.2 Å². The lowest BCUT2D eigenvalue weighted by atomic mass is 10.2. The van der Waals surface area contributed by atoms with Crippen LogP contribution in [0.15, 0.2) is 18.2 Å². The number of carbonyl (C=O) groups is 2. The van der Waals surface area contributed by atoms with Crippen molar-refractivity contribution in [3.8, 4) is 11.5 Å². The predicted octanol–water partition coefficient (Wildman–Crippen LogP) is 1.05. The van der Waals surface area contributed by atoms with E-state index in [-0.39, 0.29) is 12.5 Å². The SMILES string of the molecule is CCOc1cc(C=O)ccc1OCC(=O)N1CCN(C)CC1. The van der Waals surface area contributed by atoms with Crippen LogP contribution in [0, 0.1) is 0 Å². The maximum absolute atomic E-state index is 12.2. The molecule has 0 aliphatic carbocycles. The Hall–Kier alpha value is -2.08. The Kier molecular flexibility index (Phi) is 5.77. The average Bonchev–Trinajstić information content (AvgIpc) is 2.54. The molecule has 120 valence electrons. The van der Waals surface area contributed by atoms with Crippen molar-refractivity contribution in [2.75, 3.05) is 46.4 Å². The molecule has 2 rings (SSSR count). The van der Waals surface area contributed by atoms with E-state index in [9.17, 15) is 9.59 Å². The summed E-state index contributed by atoms with van der Waals surface area (Å²) >= 11 is 0. The number of piperazine rings is 1. The van der Waals surface area contributed by atoms with Crippen LogP contribution in [-0.4, -0.2) is 68.4 Å². The van der Waals surface area contributed by atoms with E-state index in [2.05, 4.69) is 4.90 Å². The molecule has 1 aromatic carbocycles. The van der Waals surface area contributed by atoms with Crippen LogP contribution in [0.1, 0.15) is 17.3 Å². The maximum atomic E-state index is 12.2. The van der Waals surface area contributed by atoms with Crippen LogP contribution < -0.4 is 9.47 Å². The van der Waals surface area contributed by atoms with Crippen molar-refractivity contribution in [2.24, 2.45) is 0 Å². The summed E-state index contributed by atoms with van der Waals surface area (Å²) in [7, 11) is 2.04. The van der Waals surface area contributed by atoms with Crippen molar-refractivity contribution in [2.45, 2.75) is 6.92 Å². The van der Waals surface area contributed by atoms with Crippen molar-refractivity contribution in [1.82, 2.24) is 9.80 Å². The Morgan fingerprint density at radius 1 is 1.18 bits per heavy atom. The molecule has 0 N–H and O–H groups in total. The predicted molar refractivity (Wildman–Crippen MR) is 82.6 cm³/mol. The van der Waals surface area contributed by atoms with Crippen LogP contribution in [-0.2, 0) is 4.79 Å². The van der Waals surface area contributed by atoms with Gasteiger partial charge in [0.25, 0.3) is 5.91 Å². The molecule has 0 aromatic heterocycles. The quantitative estimate of drug-likeness (QED) is 0.735. The lowest BCUT2D eigenvalue weighted by molar-refractivity contribution is -0.134. The number of ether oxygens (including phenoxy) is 2. The molecular formula is C16H22N2O4. The standard InChI is InChI=1S/C16H22N2O4/c1-3-21-15-10-13(11-19)4-5-14(15)22-12-16(20)18-8-6-17(2)7-9-18/h4-5,10-11H,3,6-9,12H2,1-2H3. The number of hydrogen-bond acceptors (Lipinski definition) is 5. The minimum absolute atomic E-state index is 0.0236. The van der Waals surface area contributed by atoms with Crippen LogP contribution in [0.4, 0.5) is 0 Å². The third kappa shape index (κ3) is 4.21. The highest BCUT2D eigenvalue weighted by Crippen LogP contribution is 2.28. The number of aldehydes is 1. The molecule has 0 saturated carbocycles. The minimum atomic E-state index is -0.0324. The molecule has 0 radical (unpaired) electrons. The smallest absolute Gasteiger partial charge is 0.260 e. The molecule has 0 unspecified atom stereocenters. The molecular weight excluding hydrogens is 284 g/mol. The second kappa shape index (κ2) is 7.79. The molecule has 6 nitrogen and oxygen atoms in total. The molecule has 0 bridgehead atoms. The summed E-state index contributed by atoms with van der Waals surface area (Å²) in [6.07, 6.45) is 0.752. The lowest BCUT2D eigenvalue weighted by Crippen LogP contribution is -2.48. The molecule has 1 aliphatic heterocycles. The van der Waals surface area contributed by atoms with Gasteiger partial charge in [-0.3, -0.25) is 9.59 Å². The zero-order chi connectivity index (χ0) is 15.9. The average molecular weight is 306 g/mol. The highest BCUT2D eigenvalue weighted by atomic mass is 16.5. The Morgan fingerprint density at radius 2 is 1.91 bits per heavy atom. The minimum Gasteiger partial charge on any atom is -0.490 e. The first-order valence-corrected chi connectivity index (χ1v) is 7.45. The topological polar surface area (TPSA) is 59.1 Å². The van der Waals surface area contributed by atoms with Gasteiger partial charge < -0.3 is 19.3 Å². The molecule has 1 heterocycles. The van der Waals surface area contributed by atoms with Gasteiger partial charge in [0, 0.05) is 31.7 Å². The molecule has 1 saturated heterocycles. The maximum Gasteiger partial charge on any atom is 0.260 e. The van der Waals surface area contributed by atoms with Gasteiger partial charge in [0.2, 0.25) is 0 Å². The van der Waals surface area contributed by atoms with Crippen molar-refractivity contribution in [3.63, 3.8) is 0 Å². The summed E-state index contributed by atoms with van der Waals surface area (Å²) in [5.41, 5.74) is 0.515. The summed E-state index contributed by atoms with van der Waals surface area (Å²) in [4.78, 5) is 27.0. The van der Waals surface area contributed by atoms with Gasteiger partial charge in [-0.1, -0.05) is 0 Å². The molecule has 22 heavy (non-hydrogen) atoms. The number of nitrogens with zero attached hydrogens (tertiary/aromatic N) is 2. The Balaban J connectivity index is 1.95. The monoisotopic (exact) mass is 306 g/mol. The number of carbonyl (C=O) groups excluding carboxylic acids is 2. The second-order valence-electron chi connectivity index (χ2n) is 5.23. The summed E-state index contributed by atoms with van der Waals surface area (Å²) in [6.45, 7) is 5.50. The van der Waals surface area contributed by atoms with Gasteiger partial charge in [-0.25, -0.2) is 0 Å². The molecule has 0 spiro atoms. The summed E-state index contributed by atoms with van der Waals surface area (Å²) in [6, 6.07) is 4.92. The van der Waals surface area contributed by atoms with E-state index in [0.717, 1.165) is 32.5 Å². The first-order chi connectivity index (χ1) is 10.6. The van der Waals surface area contributed by atoms with Gasteiger partial charge in [0.05, 0.1) is 6.61 Å². The van der Waals surface area contributed by atoms with Gasteiger partial charge in [0.1, 0.15) is 6.29 Å². The van der Waals surface area contributed by atoms with Crippen molar-refractivity contribution < 1.29 is 19.1 Å². The molecule has 1 aliphatic rings. The number of likely N-dealkylation sites (N-methyl/N-ethyl adjacent to an activating group) is 1. The molecule has 1 aromatic rings. The van der Waals surface area contributed by atoms with E-state index in [1.807, 2.05) is 14.0 Å². The van der Waals surface area contributed by atoms with Crippen LogP contribution in [0.3, 0.4) is 0 Å². The van der Waals surface area contributed by atoms with Gasteiger partial charge >= 0.3 is 0 Å². The fourth-order valence-electron chi connectivity index (χ4n) is 2.27. The molecule has 6 heteroatoms. The first kappa shape index (κ1) is 16.3. The normalized spacial score (nSPS) is 15.5. The van der Waals surface area contributed by atoms with Crippen LogP contribution in [0.2, 0.25) is 0 Å². The van der Waals surface area contributed by atoms with Crippen molar-refractivity contribution >= 4 is 12.2 Å². The second-order valence-corrected chi connectivity index (χ2v) is 5.23. The number of benzene rings is 1. The van der Waals surface area contributed by atoms with E-state index in [4.69, 9.17) is 9.47 Å². The zero-order valence-corrected chi connectivity index (χ0v) is 13.1. The molecule has 0 atom stereocenters. The zero-order valence-electron chi connectivity index (χ0n) is 13.1. The van der Waals surface area contributed by atoms with Crippen LogP contribution >= 0.6 is 0 Å². The number of rotatable bonds is 6. The Morgan fingerprint density at radius 3 is 2.55 bits per heavy atom. The van der Waals surface area contributed by atoms with Crippen molar-refractivity contribution in [1.29, 1.82) is 0 Å². The highest BCUT2D eigenvalue weighted by molar-refractivity contribution is 5.78. The van der Waals surface area contributed by atoms with E-state index in [0.29, 0.717) is 23.7 Å². The third-order valence-electron chi connectivity index (χ3n) is 3.61. The first-order valence-electron chi connectivity index (χ1n) is 7.45. The Bertz CT molecular complexity index is 525. The number of amides is 1. The van der Waals surface area contributed by atoms with Crippen LogP contribution in [0.25, 0.3) is 0 Å². The summed E-state index contributed by atoms with van der Waals surface area (Å²) < 4.78 is 11.0.